The number of halogens is 2. The van der Waals surface area contributed by atoms with Crippen molar-refractivity contribution in [3.8, 4) is 5.75 Å². The zero-order valence-corrected chi connectivity index (χ0v) is 16.7. The normalized spacial score (nSPS) is 10.8. The summed E-state index contributed by atoms with van der Waals surface area (Å²) in [7, 11) is 0. The monoisotopic (exact) mass is 429 g/mol. The second-order valence-corrected chi connectivity index (χ2v) is 6.86. The number of nitro groups is 1. The van der Waals surface area contributed by atoms with Crippen molar-refractivity contribution in [2.24, 2.45) is 5.10 Å². The molecule has 0 saturated carbocycles. The van der Waals surface area contributed by atoms with Crippen molar-refractivity contribution in [1.29, 1.82) is 0 Å². The molecule has 29 heavy (non-hydrogen) atoms. The molecule has 0 aliphatic heterocycles. The Balaban J connectivity index is 1.61. The van der Waals surface area contributed by atoms with E-state index in [-0.39, 0.29) is 12.3 Å². The third-order valence-electron chi connectivity index (χ3n) is 4.07. The molecule has 3 rings (SSSR count). The van der Waals surface area contributed by atoms with Crippen molar-refractivity contribution in [3.05, 3.63) is 104 Å². The predicted octanol–water partition coefficient (Wildman–Crippen LogP) is 5.60. The fraction of sp³-hybridized carbons (Fsp3) is 0.0952. The molecule has 0 radical (unpaired) electrons. The second-order valence-electron chi connectivity index (χ2n) is 6.04. The zero-order valence-electron chi connectivity index (χ0n) is 15.2. The molecule has 0 heterocycles. The van der Waals surface area contributed by atoms with Crippen LogP contribution in [0.3, 0.4) is 0 Å². The van der Waals surface area contributed by atoms with Gasteiger partial charge in [0, 0.05) is 33.3 Å². The maximum Gasteiger partial charge on any atom is 0.269 e. The maximum absolute atomic E-state index is 10.7. The quantitative estimate of drug-likeness (QED) is 0.287. The topological polar surface area (TPSA) is 76.8 Å². The highest BCUT2D eigenvalue weighted by molar-refractivity contribution is 6.35. The van der Waals surface area contributed by atoms with Crippen LogP contribution in [-0.2, 0) is 13.2 Å². The zero-order chi connectivity index (χ0) is 20.6. The highest BCUT2D eigenvalue weighted by Gasteiger charge is 2.06. The Hall–Kier alpha value is -3.09. The van der Waals surface area contributed by atoms with Crippen LogP contribution in [0.15, 0.2) is 71.8 Å². The van der Waals surface area contributed by atoms with E-state index in [2.05, 4.69) is 10.5 Å². The first-order chi connectivity index (χ1) is 14.0. The Morgan fingerprint density at radius 3 is 2.38 bits per heavy atom. The molecule has 0 aromatic heterocycles. The van der Waals surface area contributed by atoms with Crippen molar-refractivity contribution in [3.63, 3.8) is 0 Å². The van der Waals surface area contributed by atoms with Crippen molar-refractivity contribution < 1.29 is 9.66 Å². The molecule has 3 aromatic rings. The smallest absolute Gasteiger partial charge is 0.269 e. The molecular weight excluding hydrogens is 413 g/mol. The summed E-state index contributed by atoms with van der Waals surface area (Å²) in [4.78, 5) is 10.3. The lowest BCUT2D eigenvalue weighted by Crippen LogP contribution is -2.07. The lowest BCUT2D eigenvalue weighted by atomic mass is 10.2. The third-order valence-corrected chi connectivity index (χ3v) is 4.78. The lowest BCUT2D eigenvalue weighted by Gasteiger charge is -2.09. The van der Waals surface area contributed by atoms with Crippen LogP contribution >= 0.6 is 23.2 Å². The average Bonchev–Trinajstić information content (AvgIpc) is 2.72. The van der Waals surface area contributed by atoms with Gasteiger partial charge in [0.25, 0.3) is 5.69 Å². The predicted molar refractivity (Wildman–Crippen MR) is 115 cm³/mol. The molecule has 0 unspecified atom stereocenters. The fourth-order valence-electron chi connectivity index (χ4n) is 2.53. The Kier molecular flexibility index (Phi) is 7.05. The van der Waals surface area contributed by atoms with Gasteiger partial charge in [0.1, 0.15) is 12.4 Å². The number of ether oxygens (including phenoxy) is 1. The molecule has 0 atom stereocenters. The molecule has 0 amide bonds. The molecule has 0 bridgehead atoms. The van der Waals surface area contributed by atoms with E-state index in [4.69, 9.17) is 27.9 Å². The summed E-state index contributed by atoms with van der Waals surface area (Å²) >= 11 is 12.3. The summed E-state index contributed by atoms with van der Waals surface area (Å²) in [6.07, 6.45) is 1.65. The van der Waals surface area contributed by atoms with Crippen molar-refractivity contribution in [1.82, 2.24) is 5.43 Å². The Morgan fingerprint density at radius 2 is 1.69 bits per heavy atom. The molecule has 0 fully saturated rings. The molecule has 6 nitrogen and oxygen atoms in total. The maximum atomic E-state index is 10.7. The van der Waals surface area contributed by atoms with Gasteiger partial charge in [-0.3, -0.25) is 10.1 Å². The van der Waals surface area contributed by atoms with Gasteiger partial charge < -0.3 is 10.2 Å². The summed E-state index contributed by atoms with van der Waals surface area (Å²) in [5.74, 6) is 0.646. The first kappa shape index (κ1) is 20.6. The van der Waals surface area contributed by atoms with Gasteiger partial charge in [-0.15, -0.1) is 0 Å². The molecule has 3 aromatic carbocycles. The van der Waals surface area contributed by atoms with E-state index in [1.54, 1.807) is 36.5 Å². The van der Waals surface area contributed by atoms with Gasteiger partial charge in [-0.2, -0.15) is 5.10 Å². The number of nitrogens with zero attached hydrogens (tertiary/aromatic N) is 2. The number of hydrazone groups is 1. The number of hydrogen-bond donors (Lipinski definition) is 1. The minimum Gasteiger partial charge on any atom is -0.488 e. The SMILES string of the molecule is O=[N+]([O-])c1ccc(COc2ccccc2/C=N\NCc2c(Cl)cccc2Cl)cc1. The summed E-state index contributed by atoms with van der Waals surface area (Å²) in [6, 6.07) is 19.0. The first-order valence-corrected chi connectivity index (χ1v) is 9.44. The van der Waals surface area contributed by atoms with Crippen molar-refractivity contribution >= 4 is 35.1 Å². The van der Waals surface area contributed by atoms with E-state index in [1.165, 1.54) is 12.1 Å². The standard InChI is InChI=1S/C21H17Cl2N3O3/c22-19-5-3-6-20(23)18(19)13-25-24-12-16-4-1-2-7-21(16)29-14-15-8-10-17(11-9-15)26(27)28/h1-12,25H,13-14H2/b24-12-. The largest absolute Gasteiger partial charge is 0.488 e. The van der Waals surface area contributed by atoms with E-state index >= 15 is 0 Å². The van der Waals surface area contributed by atoms with Crippen LogP contribution in [0.1, 0.15) is 16.7 Å². The molecular formula is C21H17Cl2N3O3. The van der Waals surface area contributed by atoms with Gasteiger partial charge in [-0.05, 0) is 42.0 Å². The Morgan fingerprint density at radius 1 is 1.00 bits per heavy atom. The van der Waals surface area contributed by atoms with Crippen molar-refractivity contribution in [2.45, 2.75) is 13.2 Å². The van der Waals surface area contributed by atoms with Crippen LogP contribution in [0.4, 0.5) is 5.69 Å². The number of non-ortho nitro benzene ring substituents is 1. The Labute approximate surface area is 177 Å². The molecule has 0 spiro atoms. The number of para-hydroxylation sites is 1. The second kappa shape index (κ2) is 9.91. The summed E-state index contributed by atoms with van der Waals surface area (Å²) in [6.45, 7) is 0.673. The Bertz CT molecular complexity index is 1000. The molecule has 0 aliphatic rings. The van der Waals surface area contributed by atoms with Gasteiger partial charge in [0.15, 0.2) is 0 Å². The number of hydrogen-bond acceptors (Lipinski definition) is 5. The van der Waals surface area contributed by atoms with Crippen LogP contribution in [0, 0.1) is 10.1 Å². The molecule has 8 heteroatoms. The number of rotatable bonds is 8. The molecule has 0 aliphatic carbocycles. The van der Waals surface area contributed by atoms with Gasteiger partial charge in [-0.1, -0.05) is 41.4 Å². The number of nitro benzene ring substituents is 1. The highest BCUT2D eigenvalue weighted by atomic mass is 35.5. The summed E-state index contributed by atoms with van der Waals surface area (Å²) in [5, 5.41) is 16.1. The van der Waals surface area contributed by atoms with Crippen molar-refractivity contribution in [2.75, 3.05) is 0 Å². The van der Waals surface area contributed by atoms with E-state index < -0.39 is 4.92 Å². The van der Waals surface area contributed by atoms with Gasteiger partial charge >= 0.3 is 0 Å². The summed E-state index contributed by atoms with van der Waals surface area (Å²) in [5.41, 5.74) is 5.36. The van der Waals surface area contributed by atoms with E-state index in [9.17, 15) is 10.1 Å². The van der Waals surface area contributed by atoms with Crippen LogP contribution in [0.2, 0.25) is 10.0 Å². The lowest BCUT2D eigenvalue weighted by molar-refractivity contribution is -0.384. The van der Waals surface area contributed by atoms with Crippen LogP contribution in [0.25, 0.3) is 0 Å². The van der Waals surface area contributed by atoms with E-state index in [0.717, 1.165) is 16.7 Å². The summed E-state index contributed by atoms with van der Waals surface area (Å²) < 4.78 is 5.85. The molecule has 0 saturated heterocycles. The first-order valence-electron chi connectivity index (χ1n) is 8.68. The van der Waals surface area contributed by atoms with Crippen LogP contribution < -0.4 is 10.2 Å². The van der Waals surface area contributed by atoms with Gasteiger partial charge in [0.05, 0.1) is 17.7 Å². The average molecular weight is 430 g/mol. The minimum absolute atomic E-state index is 0.0472. The fourth-order valence-corrected chi connectivity index (χ4v) is 3.07. The van der Waals surface area contributed by atoms with Gasteiger partial charge in [0.2, 0.25) is 0 Å². The molecule has 148 valence electrons. The minimum atomic E-state index is -0.431. The number of nitrogens with one attached hydrogen (secondary N) is 1. The third kappa shape index (κ3) is 5.70. The molecule has 1 N–H and O–H groups in total. The van der Waals surface area contributed by atoms with Gasteiger partial charge in [-0.25, -0.2) is 0 Å². The number of benzene rings is 3. The van der Waals surface area contributed by atoms with E-state index in [1.807, 2.05) is 24.3 Å². The van der Waals surface area contributed by atoms with Crippen LogP contribution in [0.5, 0.6) is 5.75 Å². The van der Waals surface area contributed by atoms with Crippen LogP contribution in [-0.4, -0.2) is 11.1 Å². The highest BCUT2D eigenvalue weighted by Crippen LogP contribution is 2.24. The van der Waals surface area contributed by atoms with E-state index in [0.29, 0.717) is 22.3 Å².